The summed E-state index contributed by atoms with van der Waals surface area (Å²) in [6.45, 7) is 4.28. The lowest BCUT2D eigenvalue weighted by Gasteiger charge is -2.36. The molecule has 1 saturated carbocycles. The minimum Gasteiger partial charge on any atom is -0.461 e. The van der Waals surface area contributed by atoms with Crippen LogP contribution in [0, 0.1) is 5.92 Å². The van der Waals surface area contributed by atoms with Crippen LogP contribution in [0.1, 0.15) is 63.7 Å². The van der Waals surface area contributed by atoms with Gasteiger partial charge in [0.1, 0.15) is 23.4 Å². The number of urea groups is 1. The lowest BCUT2D eigenvalue weighted by Crippen LogP contribution is -2.54. The first-order valence-corrected chi connectivity index (χ1v) is 11.7. The number of nitrogens with one attached hydrogen (secondary N) is 1. The first-order chi connectivity index (χ1) is 15.4. The molecule has 4 rings (SSSR count). The van der Waals surface area contributed by atoms with Crippen molar-refractivity contribution in [3.8, 4) is 0 Å². The second kappa shape index (κ2) is 8.96. The lowest BCUT2D eigenvalue weighted by molar-refractivity contribution is -0.140. The summed E-state index contributed by atoms with van der Waals surface area (Å²) in [5.41, 5.74) is 0.971. The zero-order valence-electron chi connectivity index (χ0n) is 19.3. The highest BCUT2D eigenvalue weighted by atomic mass is 16.3. The highest BCUT2D eigenvalue weighted by molar-refractivity contribution is 6.09. The van der Waals surface area contributed by atoms with Crippen LogP contribution in [0.4, 0.5) is 4.79 Å². The van der Waals surface area contributed by atoms with Gasteiger partial charge in [0.2, 0.25) is 5.91 Å². The maximum atomic E-state index is 13.2. The zero-order valence-corrected chi connectivity index (χ0v) is 19.3. The number of imide groups is 1. The second-order valence-corrected chi connectivity index (χ2v) is 9.29. The second-order valence-electron chi connectivity index (χ2n) is 9.29. The summed E-state index contributed by atoms with van der Waals surface area (Å²) < 4.78 is 6.07. The molecule has 1 saturated heterocycles. The van der Waals surface area contributed by atoms with Gasteiger partial charge in [-0.15, -0.1) is 0 Å². The van der Waals surface area contributed by atoms with E-state index >= 15 is 0 Å². The first kappa shape index (κ1) is 22.4. The molecule has 0 bridgehead atoms. The number of hydrogen-bond donors (Lipinski definition) is 1. The molecule has 7 heteroatoms. The number of rotatable bonds is 7. The van der Waals surface area contributed by atoms with E-state index in [4.69, 9.17) is 4.42 Å². The van der Waals surface area contributed by atoms with E-state index < -0.39 is 11.6 Å². The standard InChI is InChI=1S/C25H33N3O4/c1-4-5-12-21-19(18-11-6-7-13-20(18)32-21)15-27(3)22(29)16-28-23(30)25(26-24(28)31)14-9-8-10-17(25)2/h6-7,11,13,17H,4-5,8-10,12,14-16H2,1-3H3,(H,26,31)/t17-,25-/m1/s1. The summed E-state index contributed by atoms with van der Waals surface area (Å²) in [6.07, 6.45) is 6.39. The summed E-state index contributed by atoms with van der Waals surface area (Å²) in [7, 11) is 1.71. The molecular weight excluding hydrogens is 406 g/mol. The number of nitrogens with zero attached hydrogens (tertiary/aromatic N) is 2. The molecule has 1 aliphatic heterocycles. The Bertz CT molecular complexity index is 1030. The third-order valence-corrected chi connectivity index (χ3v) is 7.16. The molecule has 2 fully saturated rings. The van der Waals surface area contributed by atoms with Gasteiger partial charge < -0.3 is 14.6 Å². The molecule has 4 amide bonds. The summed E-state index contributed by atoms with van der Waals surface area (Å²) in [4.78, 5) is 41.6. The SMILES string of the molecule is CCCCc1oc2ccccc2c1CN(C)C(=O)CN1C(=O)N[C@@]2(CCCC[C@H]2C)C1=O. The van der Waals surface area contributed by atoms with E-state index in [2.05, 4.69) is 12.2 Å². The highest BCUT2D eigenvalue weighted by Gasteiger charge is 2.55. The van der Waals surface area contributed by atoms with E-state index in [1.165, 1.54) is 0 Å². The monoisotopic (exact) mass is 439 g/mol. The quantitative estimate of drug-likeness (QED) is 0.655. The molecule has 1 aliphatic carbocycles. The maximum Gasteiger partial charge on any atom is 0.325 e. The molecule has 1 aromatic carbocycles. The normalized spacial score (nSPS) is 23.2. The van der Waals surface area contributed by atoms with Crippen LogP contribution in [-0.2, 0) is 22.6 Å². The topological polar surface area (TPSA) is 82.9 Å². The number of unbranched alkanes of at least 4 members (excludes halogenated alkanes) is 1. The Morgan fingerprint density at radius 3 is 2.81 bits per heavy atom. The van der Waals surface area contributed by atoms with Crippen LogP contribution in [0.2, 0.25) is 0 Å². The lowest BCUT2D eigenvalue weighted by atomic mass is 9.73. The molecular formula is C25H33N3O4. The van der Waals surface area contributed by atoms with Gasteiger partial charge in [0, 0.05) is 31.0 Å². The Kier molecular flexibility index (Phi) is 6.26. The van der Waals surface area contributed by atoms with Crippen molar-refractivity contribution in [3.63, 3.8) is 0 Å². The molecule has 1 N–H and O–H groups in total. The van der Waals surface area contributed by atoms with Crippen LogP contribution in [0.15, 0.2) is 28.7 Å². The van der Waals surface area contributed by atoms with Gasteiger partial charge in [0.15, 0.2) is 0 Å². The molecule has 2 aromatic rings. The Morgan fingerprint density at radius 1 is 1.28 bits per heavy atom. The molecule has 0 radical (unpaired) electrons. The number of benzene rings is 1. The van der Waals surface area contributed by atoms with Crippen molar-refractivity contribution in [2.45, 2.75) is 70.9 Å². The van der Waals surface area contributed by atoms with Gasteiger partial charge in [0.05, 0.1) is 0 Å². The van der Waals surface area contributed by atoms with Gasteiger partial charge in [-0.3, -0.25) is 14.5 Å². The Labute approximate surface area is 189 Å². The minimum atomic E-state index is -0.845. The van der Waals surface area contributed by atoms with Crippen molar-refractivity contribution in [1.82, 2.24) is 15.1 Å². The van der Waals surface area contributed by atoms with Crippen molar-refractivity contribution in [2.24, 2.45) is 5.92 Å². The molecule has 2 heterocycles. The van der Waals surface area contributed by atoms with Gasteiger partial charge in [-0.1, -0.05) is 51.3 Å². The average Bonchev–Trinajstić information content (AvgIpc) is 3.24. The molecule has 1 aromatic heterocycles. The number of aryl methyl sites for hydroxylation is 1. The molecule has 7 nitrogen and oxygen atoms in total. The van der Waals surface area contributed by atoms with E-state index in [9.17, 15) is 14.4 Å². The van der Waals surface area contributed by atoms with Gasteiger partial charge in [0.25, 0.3) is 5.91 Å². The van der Waals surface area contributed by atoms with Gasteiger partial charge in [-0.05, 0) is 31.2 Å². The fourth-order valence-electron chi connectivity index (χ4n) is 5.08. The van der Waals surface area contributed by atoms with Gasteiger partial charge in [-0.2, -0.15) is 0 Å². The number of para-hydroxylation sites is 1. The fourth-order valence-corrected chi connectivity index (χ4v) is 5.08. The maximum absolute atomic E-state index is 13.2. The Hall–Kier alpha value is -2.83. The van der Waals surface area contributed by atoms with E-state index in [0.29, 0.717) is 13.0 Å². The average molecular weight is 440 g/mol. The number of carbonyl (C=O) groups excluding carboxylic acids is 3. The molecule has 2 atom stereocenters. The van der Waals surface area contributed by atoms with Crippen molar-refractivity contribution >= 4 is 28.8 Å². The fraction of sp³-hybridized carbons (Fsp3) is 0.560. The zero-order chi connectivity index (χ0) is 22.9. The number of fused-ring (bicyclic) bond motifs is 1. The van der Waals surface area contributed by atoms with E-state index in [0.717, 1.165) is 65.7 Å². The van der Waals surface area contributed by atoms with Crippen molar-refractivity contribution in [2.75, 3.05) is 13.6 Å². The van der Waals surface area contributed by atoms with E-state index in [1.54, 1.807) is 11.9 Å². The summed E-state index contributed by atoms with van der Waals surface area (Å²) in [5, 5.41) is 3.92. The van der Waals surface area contributed by atoms with Crippen LogP contribution in [0.3, 0.4) is 0 Å². The van der Waals surface area contributed by atoms with Crippen molar-refractivity contribution in [3.05, 3.63) is 35.6 Å². The molecule has 32 heavy (non-hydrogen) atoms. The Balaban J connectivity index is 1.49. The van der Waals surface area contributed by atoms with Crippen LogP contribution in [0.25, 0.3) is 11.0 Å². The van der Waals surface area contributed by atoms with Crippen LogP contribution >= 0.6 is 0 Å². The Morgan fingerprint density at radius 2 is 2.06 bits per heavy atom. The van der Waals surface area contributed by atoms with Crippen LogP contribution in [-0.4, -0.2) is 46.8 Å². The molecule has 172 valence electrons. The molecule has 2 aliphatic rings. The van der Waals surface area contributed by atoms with E-state index in [1.807, 2.05) is 31.2 Å². The summed E-state index contributed by atoms with van der Waals surface area (Å²) in [5.74, 6) is 0.455. The van der Waals surface area contributed by atoms with Crippen LogP contribution in [0.5, 0.6) is 0 Å². The van der Waals surface area contributed by atoms with Crippen molar-refractivity contribution in [1.29, 1.82) is 0 Å². The molecule has 0 unspecified atom stereocenters. The minimum absolute atomic E-state index is 0.0731. The van der Waals surface area contributed by atoms with Crippen molar-refractivity contribution < 1.29 is 18.8 Å². The number of amides is 4. The predicted octanol–water partition coefficient (Wildman–Crippen LogP) is 4.23. The number of hydrogen-bond acceptors (Lipinski definition) is 4. The summed E-state index contributed by atoms with van der Waals surface area (Å²) >= 11 is 0. The smallest absolute Gasteiger partial charge is 0.325 e. The predicted molar refractivity (Wildman–Crippen MR) is 122 cm³/mol. The third kappa shape index (κ3) is 3.89. The number of likely N-dealkylation sites (N-methyl/N-ethyl adjacent to an activating group) is 1. The van der Waals surface area contributed by atoms with Gasteiger partial charge >= 0.3 is 6.03 Å². The van der Waals surface area contributed by atoms with Crippen LogP contribution < -0.4 is 5.32 Å². The van der Waals surface area contributed by atoms with E-state index in [-0.39, 0.29) is 24.3 Å². The largest absolute Gasteiger partial charge is 0.461 e. The van der Waals surface area contributed by atoms with Gasteiger partial charge in [-0.25, -0.2) is 4.79 Å². The number of furan rings is 1. The molecule has 1 spiro atoms. The number of carbonyl (C=O) groups is 3. The third-order valence-electron chi connectivity index (χ3n) is 7.16. The summed E-state index contributed by atoms with van der Waals surface area (Å²) in [6, 6.07) is 7.39. The first-order valence-electron chi connectivity index (χ1n) is 11.7. The highest BCUT2D eigenvalue weighted by Crippen LogP contribution is 2.38.